The molecule has 1 N–H and O–H groups in total. The summed E-state index contributed by atoms with van der Waals surface area (Å²) in [6, 6.07) is 19.8. The van der Waals surface area contributed by atoms with Crippen LogP contribution in [0.25, 0.3) is 0 Å². The second kappa shape index (κ2) is 11.1. The Balaban J connectivity index is 1.47. The predicted octanol–water partition coefficient (Wildman–Crippen LogP) is 5.40. The maximum atomic E-state index is 13.1. The number of carbonyl (C=O) groups is 2. The number of amides is 1. The van der Waals surface area contributed by atoms with Crippen molar-refractivity contribution < 1.29 is 23.8 Å². The molecule has 4 rings (SSSR count). The van der Waals surface area contributed by atoms with Gasteiger partial charge < -0.3 is 19.5 Å². The molecule has 0 unspecified atom stereocenters. The summed E-state index contributed by atoms with van der Waals surface area (Å²) in [7, 11) is 4.82. The Bertz CT molecular complexity index is 1190. The first-order chi connectivity index (χ1) is 17.0. The minimum Gasteiger partial charge on any atom is -0.497 e. The maximum absolute atomic E-state index is 13.1. The van der Waals surface area contributed by atoms with Gasteiger partial charge in [-0.2, -0.15) is 0 Å². The largest absolute Gasteiger partial charge is 0.497 e. The van der Waals surface area contributed by atoms with Crippen molar-refractivity contribution in [3.05, 3.63) is 89.0 Å². The molecule has 0 radical (unpaired) electrons. The van der Waals surface area contributed by atoms with Crippen LogP contribution >= 0.6 is 0 Å². The minimum absolute atomic E-state index is 0.0208. The number of methoxy groups -OCH3 is 3. The van der Waals surface area contributed by atoms with Gasteiger partial charge in [0.2, 0.25) is 0 Å². The lowest BCUT2D eigenvalue weighted by Crippen LogP contribution is -2.41. The molecule has 182 valence electrons. The standard InChI is InChI=1S/C29H31NO5/c1-33-23-8-6-7-22(17-23)28(31)19-11-13-20(14-12-19)29(32)30-25-10-5-4-9-24(25)21-15-16-26(34-2)27(18-21)35-3/h6-8,11-18,24-25H,4-5,9-10H2,1-3H3,(H,30,32)/t24-,25-/m1/s1. The highest BCUT2D eigenvalue weighted by atomic mass is 16.5. The number of benzene rings is 3. The Morgan fingerprint density at radius 1 is 0.743 bits per heavy atom. The van der Waals surface area contributed by atoms with Crippen LogP contribution in [-0.4, -0.2) is 39.1 Å². The number of rotatable bonds is 8. The van der Waals surface area contributed by atoms with E-state index in [1.807, 2.05) is 12.1 Å². The monoisotopic (exact) mass is 473 g/mol. The third-order valence-corrected chi connectivity index (χ3v) is 6.66. The number of hydrogen-bond acceptors (Lipinski definition) is 5. The Morgan fingerprint density at radius 2 is 1.46 bits per heavy atom. The summed E-state index contributed by atoms with van der Waals surface area (Å²) in [5.41, 5.74) is 2.73. The highest BCUT2D eigenvalue weighted by molar-refractivity contribution is 6.09. The van der Waals surface area contributed by atoms with Crippen molar-refractivity contribution in [2.75, 3.05) is 21.3 Å². The van der Waals surface area contributed by atoms with E-state index in [9.17, 15) is 9.59 Å². The van der Waals surface area contributed by atoms with Crippen LogP contribution in [-0.2, 0) is 0 Å². The van der Waals surface area contributed by atoms with Crippen LogP contribution in [0.15, 0.2) is 66.7 Å². The van der Waals surface area contributed by atoms with Crippen molar-refractivity contribution in [1.29, 1.82) is 0 Å². The normalized spacial score (nSPS) is 17.3. The summed E-state index contributed by atoms with van der Waals surface area (Å²) in [6.45, 7) is 0. The molecule has 1 saturated carbocycles. The highest BCUT2D eigenvalue weighted by Gasteiger charge is 2.29. The Labute approximate surface area is 206 Å². The predicted molar refractivity (Wildman–Crippen MR) is 135 cm³/mol. The first kappa shape index (κ1) is 24.3. The summed E-state index contributed by atoms with van der Waals surface area (Å²) in [5, 5.41) is 3.23. The van der Waals surface area contributed by atoms with Crippen molar-refractivity contribution in [3.63, 3.8) is 0 Å². The molecule has 1 amide bonds. The van der Waals surface area contributed by atoms with Gasteiger partial charge in [0.05, 0.1) is 21.3 Å². The van der Waals surface area contributed by atoms with Crippen LogP contribution in [0.5, 0.6) is 17.2 Å². The molecule has 0 saturated heterocycles. The van der Waals surface area contributed by atoms with Crippen LogP contribution in [0.3, 0.4) is 0 Å². The second-order valence-electron chi connectivity index (χ2n) is 8.72. The molecule has 1 fully saturated rings. The SMILES string of the molecule is COc1cccc(C(=O)c2ccc(C(=O)N[C@@H]3CCCC[C@@H]3c3ccc(OC)c(OC)c3)cc2)c1. The molecule has 6 heteroatoms. The van der Waals surface area contributed by atoms with Crippen LogP contribution in [0.2, 0.25) is 0 Å². The first-order valence-electron chi connectivity index (χ1n) is 11.9. The van der Waals surface area contributed by atoms with Gasteiger partial charge in [0.1, 0.15) is 5.75 Å². The summed E-state index contributed by atoms with van der Waals surface area (Å²) in [4.78, 5) is 25.9. The van der Waals surface area contributed by atoms with Crippen molar-refractivity contribution in [2.45, 2.75) is 37.6 Å². The van der Waals surface area contributed by atoms with E-state index in [1.54, 1.807) is 69.9 Å². The van der Waals surface area contributed by atoms with Crippen LogP contribution in [0, 0.1) is 0 Å². The van der Waals surface area contributed by atoms with Gasteiger partial charge in [-0.3, -0.25) is 9.59 Å². The lowest BCUT2D eigenvalue weighted by atomic mass is 9.79. The van der Waals surface area contributed by atoms with Crippen molar-refractivity contribution in [3.8, 4) is 17.2 Å². The molecule has 1 aliphatic carbocycles. The van der Waals surface area contributed by atoms with E-state index in [0.717, 1.165) is 31.2 Å². The van der Waals surface area contributed by atoms with Gasteiger partial charge in [0.25, 0.3) is 5.91 Å². The van der Waals surface area contributed by atoms with Crippen LogP contribution in [0.1, 0.15) is 63.4 Å². The van der Waals surface area contributed by atoms with Gasteiger partial charge in [-0.05, 0) is 54.8 Å². The Morgan fingerprint density at radius 3 is 2.17 bits per heavy atom. The second-order valence-corrected chi connectivity index (χ2v) is 8.72. The number of ketones is 1. The van der Waals surface area contributed by atoms with Gasteiger partial charge in [0, 0.05) is 28.7 Å². The summed E-state index contributed by atoms with van der Waals surface area (Å²) >= 11 is 0. The molecular weight excluding hydrogens is 442 g/mol. The number of nitrogens with one attached hydrogen (secondary N) is 1. The third-order valence-electron chi connectivity index (χ3n) is 6.66. The Hall–Kier alpha value is -3.80. The van der Waals surface area contributed by atoms with Crippen molar-refractivity contribution >= 4 is 11.7 Å². The van der Waals surface area contributed by atoms with E-state index in [2.05, 4.69) is 11.4 Å². The molecule has 1 aliphatic rings. The van der Waals surface area contributed by atoms with Crippen LogP contribution in [0.4, 0.5) is 0 Å². The molecule has 0 bridgehead atoms. The Kier molecular flexibility index (Phi) is 7.70. The fourth-order valence-corrected chi connectivity index (χ4v) is 4.74. The van der Waals surface area contributed by atoms with E-state index >= 15 is 0 Å². The van der Waals surface area contributed by atoms with Gasteiger partial charge in [-0.25, -0.2) is 0 Å². The summed E-state index contributed by atoms with van der Waals surface area (Å²) in [5.74, 6) is 1.96. The topological polar surface area (TPSA) is 73.9 Å². The zero-order valence-corrected chi connectivity index (χ0v) is 20.4. The van der Waals surface area contributed by atoms with Crippen LogP contribution < -0.4 is 19.5 Å². The average Bonchev–Trinajstić information content (AvgIpc) is 2.92. The molecule has 35 heavy (non-hydrogen) atoms. The first-order valence-corrected chi connectivity index (χ1v) is 11.9. The van der Waals surface area contributed by atoms with E-state index in [0.29, 0.717) is 33.9 Å². The van der Waals surface area contributed by atoms with E-state index < -0.39 is 0 Å². The average molecular weight is 474 g/mol. The highest BCUT2D eigenvalue weighted by Crippen LogP contribution is 2.37. The summed E-state index contributed by atoms with van der Waals surface area (Å²) < 4.78 is 16.1. The number of hydrogen-bond donors (Lipinski definition) is 1. The van der Waals surface area contributed by atoms with E-state index in [-0.39, 0.29) is 23.7 Å². The van der Waals surface area contributed by atoms with Crippen molar-refractivity contribution in [1.82, 2.24) is 5.32 Å². The van der Waals surface area contributed by atoms with Gasteiger partial charge in [-0.15, -0.1) is 0 Å². The molecule has 0 aliphatic heterocycles. The molecule has 0 heterocycles. The number of carbonyl (C=O) groups excluding carboxylic acids is 2. The van der Waals surface area contributed by atoms with Gasteiger partial charge in [-0.1, -0.05) is 43.2 Å². The molecule has 6 nitrogen and oxygen atoms in total. The molecule has 0 spiro atoms. The maximum Gasteiger partial charge on any atom is 0.251 e. The van der Waals surface area contributed by atoms with E-state index in [4.69, 9.17) is 14.2 Å². The smallest absolute Gasteiger partial charge is 0.251 e. The quantitative estimate of drug-likeness (QED) is 0.444. The fraction of sp³-hybridized carbons (Fsp3) is 0.310. The number of ether oxygens (including phenoxy) is 3. The molecule has 3 aromatic rings. The third kappa shape index (κ3) is 5.48. The molecule has 2 atom stereocenters. The minimum atomic E-state index is -0.136. The zero-order valence-electron chi connectivity index (χ0n) is 20.4. The fourth-order valence-electron chi connectivity index (χ4n) is 4.74. The summed E-state index contributed by atoms with van der Waals surface area (Å²) in [6.07, 6.45) is 4.10. The lowest BCUT2D eigenvalue weighted by Gasteiger charge is -2.33. The van der Waals surface area contributed by atoms with Gasteiger partial charge in [0.15, 0.2) is 17.3 Å². The van der Waals surface area contributed by atoms with E-state index in [1.165, 1.54) is 0 Å². The van der Waals surface area contributed by atoms with Crippen molar-refractivity contribution in [2.24, 2.45) is 0 Å². The molecule has 0 aromatic heterocycles. The molecular formula is C29H31NO5. The zero-order chi connectivity index (χ0) is 24.8. The lowest BCUT2D eigenvalue weighted by molar-refractivity contribution is 0.0919. The molecule has 3 aromatic carbocycles. The van der Waals surface area contributed by atoms with Gasteiger partial charge >= 0.3 is 0 Å².